The predicted molar refractivity (Wildman–Crippen MR) is 80.8 cm³/mol. The molecule has 0 bridgehead atoms. The summed E-state index contributed by atoms with van der Waals surface area (Å²) < 4.78 is 13.8. The van der Waals surface area contributed by atoms with Crippen LogP contribution in [0.5, 0.6) is 0 Å². The molecule has 20 heavy (non-hydrogen) atoms. The molecule has 3 rings (SSSR count). The zero-order valence-corrected chi connectivity index (χ0v) is 12.8. The van der Waals surface area contributed by atoms with Gasteiger partial charge >= 0.3 is 0 Å². The molecule has 1 saturated carbocycles. The van der Waals surface area contributed by atoms with E-state index in [0.717, 1.165) is 28.5 Å². The van der Waals surface area contributed by atoms with Gasteiger partial charge in [0.25, 0.3) is 0 Å². The van der Waals surface area contributed by atoms with Gasteiger partial charge in [-0.2, -0.15) is 0 Å². The Morgan fingerprint density at radius 1 is 1.25 bits per heavy atom. The fourth-order valence-corrected chi connectivity index (χ4v) is 2.57. The molecule has 1 aliphatic carbocycles. The average Bonchev–Trinajstić information content (AvgIpc) is 3.25. The summed E-state index contributed by atoms with van der Waals surface area (Å²) in [5.41, 5.74) is 0.932. The fraction of sp³-hybridized carbons (Fsp3) is 0.333. The molecule has 0 aliphatic heterocycles. The van der Waals surface area contributed by atoms with E-state index in [0.29, 0.717) is 5.92 Å². The first-order valence-electron chi connectivity index (χ1n) is 6.75. The minimum atomic E-state index is -0.229. The number of aromatic nitrogens is 2. The molecule has 0 unspecified atom stereocenters. The molecule has 3 nitrogen and oxygen atoms in total. The van der Waals surface area contributed by atoms with Crippen LogP contribution in [-0.2, 0) is 0 Å². The Kier molecular flexibility index (Phi) is 3.70. The van der Waals surface area contributed by atoms with Crippen LogP contribution in [0.4, 0.5) is 15.9 Å². The summed E-state index contributed by atoms with van der Waals surface area (Å²) in [6.07, 6.45) is 2.33. The normalized spacial score (nSPS) is 14.3. The summed E-state index contributed by atoms with van der Waals surface area (Å²) in [6.45, 7) is 2.81. The van der Waals surface area contributed by atoms with Crippen molar-refractivity contribution in [1.82, 2.24) is 9.97 Å². The lowest BCUT2D eigenvalue weighted by atomic mass is 10.2. The lowest BCUT2D eigenvalue weighted by Gasteiger charge is -2.22. The van der Waals surface area contributed by atoms with Gasteiger partial charge in [-0.1, -0.05) is 0 Å². The molecule has 0 N–H and O–H groups in total. The molecule has 0 amide bonds. The number of hydrogen-bond donors (Lipinski definition) is 0. The Balaban J connectivity index is 1.98. The van der Waals surface area contributed by atoms with Crippen molar-refractivity contribution >= 4 is 27.4 Å². The van der Waals surface area contributed by atoms with Crippen molar-refractivity contribution in [3.05, 3.63) is 46.6 Å². The number of benzene rings is 1. The second-order valence-corrected chi connectivity index (χ2v) is 5.71. The van der Waals surface area contributed by atoms with Gasteiger partial charge in [0.2, 0.25) is 0 Å². The van der Waals surface area contributed by atoms with Crippen molar-refractivity contribution in [2.45, 2.75) is 25.7 Å². The van der Waals surface area contributed by atoms with Crippen LogP contribution in [0, 0.1) is 5.82 Å². The highest BCUT2D eigenvalue weighted by Gasteiger charge is 2.27. The van der Waals surface area contributed by atoms with Gasteiger partial charge in [0.15, 0.2) is 0 Å². The number of hydrogen-bond acceptors (Lipinski definition) is 3. The van der Waals surface area contributed by atoms with E-state index in [-0.39, 0.29) is 5.82 Å². The van der Waals surface area contributed by atoms with Crippen LogP contribution in [0.25, 0.3) is 0 Å². The highest BCUT2D eigenvalue weighted by Crippen LogP contribution is 2.39. The topological polar surface area (TPSA) is 29.0 Å². The lowest BCUT2D eigenvalue weighted by Crippen LogP contribution is -2.18. The van der Waals surface area contributed by atoms with Crippen LogP contribution in [0.2, 0.25) is 0 Å². The van der Waals surface area contributed by atoms with Gasteiger partial charge in [-0.05, 0) is 60.0 Å². The molecule has 2 aromatic rings. The smallest absolute Gasteiger partial charge is 0.137 e. The maximum absolute atomic E-state index is 13.0. The van der Waals surface area contributed by atoms with Crippen LogP contribution in [-0.4, -0.2) is 16.5 Å². The molecule has 0 spiro atoms. The molecule has 0 atom stereocenters. The van der Waals surface area contributed by atoms with E-state index in [9.17, 15) is 4.39 Å². The van der Waals surface area contributed by atoms with Gasteiger partial charge in [0.05, 0.1) is 0 Å². The highest BCUT2D eigenvalue weighted by atomic mass is 79.9. The van der Waals surface area contributed by atoms with Gasteiger partial charge < -0.3 is 4.90 Å². The van der Waals surface area contributed by atoms with E-state index >= 15 is 0 Å². The summed E-state index contributed by atoms with van der Waals surface area (Å²) in [6, 6.07) is 8.38. The third-order valence-corrected chi connectivity index (χ3v) is 3.78. The van der Waals surface area contributed by atoms with Crippen LogP contribution >= 0.6 is 15.9 Å². The van der Waals surface area contributed by atoms with Crippen LogP contribution in [0.15, 0.2) is 34.9 Å². The molecule has 1 aliphatic rings. The first kappa shape index (κ1) is 13.5. The zero-order valence-electron chi connectivity index (χ0n) is 11.2. The van der Waals surface area contributed by atoms with E-state index in [1.807, 2.05) is 6.07 Å². The van der Waals surface area contributed by atoms with E-state index in [1.54, 1.807) is 12.1 Å². The molecule has 5 heteroatoms. The SMILES string of the molecule is CCN(c1ccc(F)cc1)c1cc(Br)nc(C2CC2)n1. The molecule has 1 aromatic heterocycles. The van der Waals surface area contributed by atoms with E-state index in [2.05, 4.69) is 37.7 Å². The van der Waals surface area contributed by atoms with Gasteiger partial charge in [-0.25, -0.2) is 14.4 Å². The summed E-state index contributed by atoms with van der Waals surface area (Å²) in [5, 5.41) is 0. The maximum atomic E-state index is 13.0. The Hall–Kier alpha value is -1.49. The van der Waals surface area contributed by atoms with E-state index in [4.69, 9.17) is 0 Å². The van der Waals surface area contributed by atoms with Gasteiger partial charge in [0, 0.05) is 24.2 Å². The third kappa shape index (κ3) is 2.82. The molecule has 1 heterocycles. The van der Waals surface area contributed by atoms with Crippen molar-refractivity contribution in [3.8, 4) is 0 Å². The molecular weight excluding hydrogens is 321 g/mol. The molecular formula is C15H15BrFN3. The Morgan fingerprint density at radius 2 is 1.95 bits per heavy atom. The van der Waals surface area contributed by atoms with Crippen molar-refractivity contribution < 1.29 is 4.39 Å². The first-order valence-corrected chi connectivity index (χ1v) is 7.54. The van der Waals surface area contributed by atoms with Gasteiger partial charge in [-0.3, -0.25) is 0 Å². The maximum Gasteiger partial charge on any atom is 0.137 e. The first-order chi connectivity index (χ1) is 9.67. The minimum Gasteiger partial charge on any atom is -0.327 e. The number of rotatable bonds is 4. The van der Waals surface area contributed by atoms with Crippen molar-refractivity contribution in [3.63, 3.8) is 0 Å². The van der Waals surface area contributed by atoms with Crippen molar-refractivity contribution in [1.29, 1.82) is 0 Å². The minimum absolute atomic E-state index is 0.229. The van der Waals surface area contributed by atoms with Crippen molar-refractivity contribution in [2.75, 3.05) is 11.4 Å². The zero-order chi connectivity index (χ0) is 14.1. The number of nitrogens with zero attached hydrogens (tertiary/aromatic N) is 3. The van der Waals surface area contributed by atoms with E-state index in [1.165, 1.54) is 25.0 Å². The monoisotopic (exact) mass is 335 g/mol. The summed E-state index contributed by atoms with van der Waals surface area (Å²) >= 11 is 3.45. The predicted octanol–water partition coefficient (Wildman–Crippen LogP) is 4.41. The second kappa shape index (κ2) is 5.48. The number of anilines is 2. The number of halogens is 2. The van der Waals surface area contributed by atoms with Crippen LogP contribution in [0.3, 0.4) is 0 Å². The Bertz CT molecular complexity index is 611. The van der Waals surface area contributed by atoms with Crippen molar-refractivity contribution in [2.24, 2.45) is 0 Å². The Morgan fingerprint density at radius 3 is 2.55 bits per heavy atom. The van der Waals surface area contributed by atoms with Crippen LogP contribution in [0.1, 0.15) is 31.5 Å². The average molecular weight is 336 g/mol. The molecule has 0 radical (unpaired) electrons. The summed E-state index contributed by atoms with van der Waals surface area (Å²) in [4.78, 5) is 11.1. The fourth-order valence-electron chi connectivity index (χ4n) is 2.18. The Labute approximate surface area is 126 Å². The largest absolute Gasteiger partial charge is 0.327 e. The molecule has 1 fully saturated rings. The summed E-state index contributed by atoms with van der Waals surface area (Å²) in [7, 11) is 0. The van der Waals surface area contributed by atoms with Gasteiger partial charge in [-0.15, -0.1) is 0 Å². The summed E-state index contributed by atoms with van der Waals surface area (Å²) in [5.74, 6) is 2.02. The van der Waals surface area contributed by atoms with Gasteiger partial charge in [0.1, 0.15) is 22.1 Å². The molecule has 104 valence electrons. The van der Waals surface area contributed by atoms with E-state index < -0.39 is 0 Å². The second-order valence-electron chi connectivity index (χ2n) is 4.90. The molecule has 1 aromatic carbocycles. The van der Waals surface area contributed by atoms with Crippen LogP contribution < -0.4 is 4.90 Å². The standard InChI is InChI=1S/C15H15BrFN3/c1-2-20(12-7-5-11(17)6-8-12)14-9-13(16)18-15(19-14)10-3-4-10/h5-10H,2-4H2,1H3. The quantitative estimate of drug-likeness (QED) is 0.774. The lowest BCUT2D eigenvalue weighted by molar-refractivity contribution is 0.627. The molecule has 0 saturated heterocycles. The highest BCUT2D eigenvalue weighted by molar-refractivity contribution is 9.10. The third-order valence-electron chi connectivity index (χ3n) is 3.37.